The molecule has 0 amide bonds. The van der Waals surface area contributed by atoms with Crippen LogP contribution in [0.1, 0.15) is 27.0 Å². The van der Waals surface area contributed by atoms with Crippen molar-refractivity contribution >= 4 is 55.5 Å². The first-order valence-electron chi connectivity index (χ1n) is 7.79. The Kier molecular flexibility index (Phi) is 4.69. The van der Waals surface area contributed by atoms with Gasteiger partial charge in [-0.2, -0.15) is 14.9 Å². The molecule has 0 saturated heterocycles. The van der Waals surface area contributed by atoms with E-state index >= 15 is 0 Å². The molecule has 136 valence electrons. The van der Waals surface area contributed by atoms with E-state index in [-0.39, 0.29) is 17.2 Å². The van der Waals surface area contributed by atoms with Gasteiger partial charge >= 0.3 is 11.7 Å². The van der Waals surface area contributed by atoms with Crippen molar-refractivity contribution in [2.75, 3.05) is 6.61 Å². The molecule has 0 aliphatic heterocycles. The zero-order valence-electron chi connectivity index (χ0n) is 13.9. The van der Waals surface area contributed by atoms with E-state index in [1.165, 1.54) is 29.3 Å². The van der Waals surface area contributed by atoms with Crippen LogP contribution in [0.5, 0.6) is 0 Å². The normalized spacial score (nSPS) is 11.1. The Morgan fingerprint density at radius 1 is 1.41 bits per heavy atom. The van der Waals surface area contributed by atoms with Gasteiger partial charge in [-0.25, -0.2) is 14.6 Å². The molecule has 11 heteroatoms. The van der Waals surface area contributed by atoms with Crippen LogP contribution >= 0.6 is 34.4 Å². The van der Waals surface area contributed by atoms with E-state index in [9.17, 15) is 9.59 Å². The van der Waals surface area contributed by atoms with Crippen molar-refractivity contribution in [2.24, 2.45) is 0 Å². The summed E-state index contributed by atoms with van der Waals surface area (Å²) in [5.41, 5.74) is 0.0660. The number of hydrogen-bond donors (Lipinski definition) is 1. The summed E-state index contributed by atoms with van der Waals surface area (Å²) in [6.45, 7) is 2.13. The monoisotopic (exact) mass is 417 g/mol. The summed E-state index contributed by atoms with van der Waals surface area (Å²) in [4.78, 5) is 32.5. The topological polar surface area (TPSA) is 113 Å². The van der Waals surface area contributed by atoms with Gasteiger partial charge in [-0.1, -0.05) is 11.8 Å². The second-order valence-electron chi connectivity index (χ2n) is 5.31. The van der Waals surface area contributed by atoms with Crippen LogP contribution in [0.2, 0.25) is 0 Å². The van der Waals surface area contributed by atoms with Crippen molar-refractivity contribution in [1.82, 2.24) is 19.6 Å². The van der Waals surface area contributed by atoms with Crippen LogP contribution in [0.15, 0.2) is 28.3 Å². The number of fused-ring (bicyclic) bond motifs is 2. The molecule has 0 bridgehead atoms. The first-order chi connectivity index (χ1) is 13.1. The third-order valence-electron chi connectivity index (χ3n) is 3.56. The lowest BCUT2D eigenvalue weighted by molar-refractivity contribution is 0.0532. The second-order valence-corrected chi connectivity index (χ2v) is 8.53. The number of thioether (sulfide) groups is 1. The lowest BCUT2D eigenvalue weighted by atomic mass is 10.4. The lowest BCUT2D eigenvalue weighted by Crippen LogP contribution is -2.19. The molecule has 4 heterocycles. The van der Waals surface area contributed by atoms with E-state index < -0.39 is 5.69 Å². The predicted molar refractivity (Wildman–Crippen MR) is 104 cm³/mol. The maximum absolute atomic E-state index is 12.0. The summed E-state index contributed by atoms with van der Waals surface area (Å²) >= 11 is 4.35. The Hall–Kier alpha value is -2.68. The first-order valence-corrected chi connectivity index (χ1v) is 10.4. The van der Waals surface area contributed by atoms with Crippen molar-refractivity contribution in [3.8, 4) is 6.07 Å². The molecule has 4 aromatic heterocycles. The number of nitrogens with zero attached hydrogens (tertiary/aromatic N) is 4. The maximum Gasteiger partial charge on any atom is 0.350 e. The van der Waals surface area contributed by atoms with Gasteiger partial charge in [-0.05, 0) is 19.1 Å². The fraction of sp³-hybridized carbons (Fsp3) is 0.188. The summed E-state index contributed by atoms with van der Waals surface area (Å²) in [6, 6.07) is 5.84. The molecule has 0 radical (unpaired) electrons. The van der Waals surface area contributed by atoms with Gasteiger partial charge in [-0.3, -0.25) is 4.98 Å². The number of nitriles is 1. The average Bonchev–Trinajstić information content (AvgIpc) is 3.32. The zero-order valence-corrected chi connectivity index (χ0v) is 16.3. The molecular weight excluding hydrogens is 406 g/mol. The minimum Gasteiger partial charge on any atom is -0.462 e. The molecule has 0 atom stereocenters. The Morgan fingerprint density at radius 2 is 2.22 bits per heavy atom. The van der Waals surface area contributed by atoms with E-state index in [2.05, 4.69) is 15.1 Å². The summed E-state index contributed by atoms with van der Waals surface area (Å²) < 4.78 is 8.14. The molecule has 4 aromatic rings. The Labute approximate surface area is 164 Å². The van der Waals surface area contributed by atoms with E-state index in [1.807, 2.05) is 18.2 Å². The number of carbonyl (C=O) groups excluding carboxylic acids is 1. The number of hydrogen-bond acceptors (Lipinski definition) is 9. The van der Waals surface area contributed by atoms with Crippen LogP contribution in [0, 0.1) is 11.3 Å². The summed E-state index contributed by atoms with van der Waals surface area (Å²) in [5, 5.41) is 13.3. The van der Waals surface area contributed by atoms with Gasteiger partial charge in [0, 0.05) is 20.0 Å². The number of carbonyl (C=O) groups is 1. The number of rotatable bonds is 5. The van der Waals surface area contributed by atoms with Gasteiger partial charge in [0.15, 0.2) is 10.8 Å². The van der Waals surface area contributed by atoms with Gasteiger partial charge in [-0.15, -0.1) is 22.7 Å². The highest BCUT2D eigenvalue weighted by atomic mass is 32.2. The predicted octanol–water partition coefficient (Wildman–Crippen LogP) is 3.03. The number of ether oxygens (including phenoxy) is 1. The number of aromatic amines is 1. The highest BCUT2D eigenvalue weighted by Gasteiger charge is 2.14. The van der Waals surface area contributed by atoms with Gasteiger partial charge in [0.2, 0.25) is 0 Å². The molecule has 8 nitrogen and oxygen atoms in total. The van der Waals surface area contributed by atoms with Crippen molar-refractivity contribution in [1.29, 1.82) is 5.26 Å². The lowest BCUT2D eigenvalue weighted by Gasteiger charge is -2.00. The highest BCUT2D eigenvalue weighted by molar-refractivity contribution is 7.98. The number of H-pyrrole nitrogens is 1. The van der Waals surface area contributed by atoms with Crippen molar-refractivity contribution in [3.63, 3.8) is 0 Å². The Bertz CT molecular complexity index is 1230. The summed E-state index contributed by atoms with van der Waals surface area (Å²) in [6.07, 6.45) is 1.32. The van der Waals surface area contributed by atoms with E-state index in [4.69, 9.17) is 10.00 Å². The third-order valence-corrected chi connectivity index (χ3v) is 6.94. The molecule has 1 N–H and O–H groups in total. The van der Waals surface area contributed by atoms with Crippen LogP contribution in [0.4, 0.5) is 0 Å². The Morgan fingerprint density at radius 3 is 2.96 bits per heavy atom. The quantitative estimate of drug-likeness (QED) is 0.392. The smallest absolute Gasteiger partial charge is 0.350 e. The zero-order chi connectivity index (χ0) is 19.0. The Balaban J connectivity index is 1.54. The van der Waals surface area contributed by atoms with Gasteiger partial charge in [0.1, 0.15) is 16.5 Å². The number of thiophene rings is 2. The van der Waals surface area contributed by atoms with E-state index in [1.54, 1.807) is 18.3 Å². The second kappa shape index (κ2) is 7.15. The van der Waals surface area contributed by atoms with Crippen molar-refractivity contribution in [3.05, 3.63) is 44.1 Å². The molecule has 0 aliphatic carbocycles. The molecule has 4 rings (SSSR count). The molecule has 0 fully saturated rings. The van der Waals surface area contributed by atoms with Gasteiger partial charge in [0.05, 0.1) is 12.8 Å². The van der Waals surface area contributed by atoms with E-state index in [0.29, 0.717) is 22.4 Å². The number of nitrogens with one attached hydrogen (secondary N) is 1. The standard InChI is InChI=1S/C16H11N5O3S3/c1-2-24-14(22)12-4-11-10(27-12)3-9(26-11)7-25-15-19-13-8(5-17)6-18-21(13)16(23)20-15/h3-4,6H,2,7H2,1H3,(H,19,20,23). The molecular formula is C16H11N5O3S3. The van der Waals surface area contributed by atoms with Crippen LogP contribution in [0.25, 0.3) is 15.0 Å². The fourth-order valence-corrected chi connectivity index (χ4v) is 5.61. The molecule has 27 heavy (non-hydrogen) atoms. The van der Waals surface area contributed by atoms with Crippen molar-refractivity contribution in [2.45, 2.75) is 17.8 Å². The third kappa shape index (κ3) is 3.34. The van der Waals surface area contributed by atoms with Crippen LogP contribution < -0.4 is 5.69 Å². The first kappa shape index (κ1) is 17.7. The maximum atomic E-state index is 12.0. The minimum absolute atomic E-state index is 0.245. The molecule has 0 spiro atoms. The average molecular weight is 417 g/mol. The summed E-state index contributed by atoms with van der Waals surface area (Å²) in [7, 11) is 0. The van der Waals surface area contributed by atoms with Gasteiger partial charge < -0.3 is 4.74 Å². The van der Waals surface area contributed by atoms with Crippen LogP contribution in [-0.4, -0.2) is 32.2 Å². The SMILES string of the molecule is CCOC(=O)c1cc2sc(CSc3nc4c(C#N)cnn4c(=O)[nH]3)cc2s1. The number of aromatic nitrogens is 4. The highest BCUT2D eigenvalue weighted by Crippen LogP contribution is 2.35. The molecule has 0 saturated carbocycles. The fourth-order valence-electron chi connectivity index (χ4n) is 2.41. The number of esters is 1. The summed E-state index contributed by atoms with van der Waals surface area (Å²) in [5.74, 6) is 0.307. The molecule has 0 unspecified atom stereocenters. The molecule has 0 aromatic carbocycles. The van der Waals surface area contributed by atoms with Crippen LogP contribution in [-0.2, 0) is 10.5 Å². The van der Waals surface area contributed by atoms with Crippen molar-refractivity contribution < 1.29 is 9.53 Å². The largest absolute Gasteiger partial charge is 0.462 e. The van der Waals surface area contributed by atoms with Crippen LogP contribution in [0.3, 0.4) is 0 Å². The molecule has 0 aliphatic rings. The van der Waals surface area contributed by atoms with E-state index in [0.717, 1.165) is 18.8 Å². The van der Waals surface area contributed by atoms with Gasteiger partial charge in [0.25, 0.3) is 0 Å². The minimum atomic E-state index is -0.435.